The molecular weight excluding hydrogens is 420 g/mol. The first-order chi connectivity index (χ1) is 15.8. The number of benzene rings is 1. The second-order valence-electron chi connectivity index (χ2n) is 8.23. The fraction of sp³-hybridized carbons (Fsp3) is 0.231. The van der Waals surface area contributed by atoms with Gasteiger partial charge < -0.3 is 10.6 Å². The molecule has 0 atom stereocenters. The van der Waals surface area contributed by atoms with Gasteiger partial charge in [0.15, 0.2) is 0 Å². The van der Waals surface area contributed by atoms with Crippen molar-refractivity contribution >= 4 is 16.9 Å². The van der Waals surface area contributed by atoms with Gasteiger partial charge in [-0.05, 0) is 47.0 Å². The van der Waals surface area contributed by atoms with Crippen LogP contribution in [0.2, 0.25) is 0 Å². The number of alkyl halides is 2. The van der Waals surface area contributed by atoms with E-state index in [0.29, 0.717) is 18.8 Å². The van der Waals surface area contributed by atoms with Crippen LogP contribution in [-0.4, -0.2) is 40.9 Å². The lowest BCUT2D eigenvalue weighted by Crippen LogP contribution is -2.24. The average Bonchev–Trinajstić information content (AvgIpc) is 3.16. The standard InChI is InChI=1S/C26H27F2N5/c1-18(19(2)32-23-5-4-9-30-15-23)24-12-21(6-7-25(24)29-3)22-11-20(13-31-14-22)16-33-10-8-26(27,28)17-33/h4-7,9,11-15,29,32H,1-2,8,10,16-17H2,3H3. The molecule has 3 aromatic rings. The zero-order chi connectivity index (χ0) is 23.4. The third kappa shape index (κ3) is 5.43. The minimum Gasteiger partial charge on any atom is -0.388 e. The number of halogens is 2. The van der Waals surface area contributed by atoms with Gasteiger partial charge in [0.1, 0.15) is 0 Å². The van der Waals surface area contributed by atoms with Gasteiger partial charge in [0.2, 0.25) is 0 Å². The molecule has 0 bridgehead atoms. The molecule has 1 aromatic carbocycles. The summed E-state index contributed by atoms with van der Waals surface area (Å²) in [5.41, 5.74) is 6.84. The first kappa shape index (κ1) is 22.6. The monoisotopic (exact) mass is 447 g/mol. The van der Waals surface area contributed by atoms with Crippen molar-refractivity contribution in [1.82, 2.24) is 14.9 Å². The van der Waals surface area contributed by atoms with Gasteiger partial charge in [-0.25, -0.2) is 8.78 Å². The zero-order valence-electron chi connectivity index (χ0n) is 18.6. The number of likely N-dealkylation sites (tertiary alicyclic amines) is 1. The summed E-state index contributed by atoms with van der Waals surface area (Å²) in [6, 6.07) is 11.8. The lowest BCUT2D eigenvalue weighted by molar-refractivity contribution is 0.0115. The molecule has 1 aliphatic heterocycles. The maximum atomic E-state index is 13.5. The second kappa shape index (κ2) is 9.50. The summed E-state index contributed by atoms with van der Waals surface area (Å²) in [6.45, 7) is 9.03. The molecular formula is C26H27F2N5. The Balaban J connectivity index is 1.56. The van der Waals surface area contributed by atoms with E-state index in [1.54, 1.807) is 29.7 Å². The maximum absolute atomic E-state index is 13.5. The van der Waals surface area contributed by atoms with Crippen molar-refractivity contribution in [3.05, 3.63) is 91.2 Å². The fourth-order valence-electron chi connectivity index (χ4n) is 3.97. The summed E-state index contributed by atoms with van der Waals surface area (Å²) in [6.07, 6.45) is 6.87. The Morgan fingerprint density at radius 1 is 1.09 bits per heavy atom. The largest absolute Gasteiger partial charge is 0.388 e. The molecule has 0 unspecified atom stereocenters. The highest BCUT2D eigenvalue weighted by Gasteiger charge is 2.37. The van der Waals surface area contributed by atoms with Crippen molar-refractivity contribution < 1.29 is 8.78 Å². The van der Waals surface area contributed by atoms with Crippen molar-refractivity contribution in [2.75, 3.05) is 30.8 Å². The molecule has 0 amide bonds. The van der Waals surface area contributed by atoms with Gasteiger partial charge in [0.25, 0.3) is 5.92 Å². The van der Waals surface area contributed by atoms with Crippen LogP contribution in [0.5, 0.6) is 0 Å². The Morgan fingerprint density at radius 2 is 1.94 bits per heavy atom. The molecule has 33 heavy (non-hydrogen) atoms. The Morgan fingerprint density at radius 3 is 2.64 bits per heavy atom. The number of hydrogen-bond donors (Lipinski definition) is 2. The summed E-state index contributed by atoms with van der Waals surface area (Å²) < 4.78 is 27.1. The van der Waals surface area contributed by atoms with Crippen LogP contribution in [0.25, 0.3) is 16.7 Å². The molecule has 3 heterocycles. The van der Waals surface area contributed by atoms with Crippen LogP contribution in [0, 0.1) is 0 Å². The van der Waals surface area contributed by atoms with Crippen molar-refractivity contribution in [3.8, 4) is 11.1 Å². The number of anilines is 2. The topological polar surface area (TPSA) is 53.1 Å². The minimum atomic E-state index is -2.60. The number of pyridine rings is 2. The summed E-state index contributed by atoms with van der Waals surface area (Å²) in [5.74, 6) is -2.60. The third-order valence-corrected chi connectivity index (χ3v) is 5.72. The van der Waals surface area contributed by atoms with Crippen LogP contribution < -0.4 is 10.6 Å². The third-order valence-electron chi connectivity index (χ3n) is 5.72. The molecule has 0 aliphatic carbocycles. The Bertz CT molecular complexity index is 1160. The van der Waals surface area contributed by atoms with Gasteiger partial charge in [0.05, 0.1) is 18.4 Å². The minimum absolute atomic E-state index is 0.0892. The zero-order valence-corrected chi connectivity index (χ0v) is 18.6. The van der Waals surface area contributed by atoms with Gasteiger partial charge in [-0.2, -0.15) is 0 Å². The van der Waals surface area contributed by atoms with Crippen LogP contribution >= 0.6 is 0 Å². The number of hydrogen-bond acceptors (Lipinski definition) is 5. The molecule has 5 nitrogen and oxygen atoms in total. The normalized spacial score (nSPS) is 15.2. The predicted octanol–water partition coefficient (Wildman–Crippen LogP) is 5.67. The molecule has 1 saturated heterocycles. The van der Waals surface area contributed by atoms with E-state index in [4.69, 9.17) is 0 Å². The summed E-state index contributed by atoms with van der Waals surface area (Å²) in [4.78, 5) is 10.2. The smallest absolute Gasteiger partial charge is 0.261 e. The second-order valence-corrected chi connectivity index (χ2v) is 8.23. The van der Waals surface area contributed by atoms with Gasteiger partial charge in [-0.1, -0.05) is 19.2 Å². The Kier molecular flexibility index (Phi) is 6.51. The fourth-order valence-corrected chi connectivity index (χ4v) is 3.97. The first-order valence-corrected chi connectivity index (χ1v) is 10.8. The molecule has 4 rings (SSSR count). The molecule has 0 spiro atoms. The van der Waals surface area contributed by atoms with Crippen molar-refractivity contribution in [3.63, 3.8) is 0 Å². The van der Waals surface area contributed by atoms with E-state index in [-0.39, 0.29) is 13.0 Å². The lowest BCUT2D eigenvalue weighted by atomic mass is 9.96. The lowest BCUT2D eigenvalue weighted by Gasteiger charge is -2.18. The summed E-state index contributed by atoms with van der Waals surface area (Å²) in [7, 11) is 1.86. The summed E-state index contributed by atoms with van der Waals surface area (Å²) >= 11 is 0. The predicted molar refractivity (Wildman–Crippen MR) is 130 cm³/mol. The quantitative estimate of drug-likeness (QED) is 0.436. The Hall–Kier alpha value is -3.58. The highest BCUT2D eigenvalue weighted by molar-refractivity contribution is 5.88. The highest BCUT2D eigenvalue weighted by atomic mass is 19.3. The van der Waals surface area contributed by atoms with E-state index < -0.39 is 5.92 Å². The van der Waals surface area contributed by atoms with Gasteiger partial charge >= 0.3 is 0 Å². The number of rotatable bonds is 8. The molecule has 170 valence electrons. The van der Waals surface area contributed by atoms with Crippen LogP contribution in [0.3, 0.4) is 0 Å². The van der Waals surface area contributed by atoms with Crippen LogP contribution in [-0.2, 0) is 6.54 Å². The van der Waals surface area contributed by atoms with E-state index in [2.05, 4.69) is 33.8 Å². The van der Waals surface area contributed by atoms with Crippen LogP contribution in [0.15, 0.2) is 80.0 Å². The number of nitrogens with zero attached hydrogens (tertiary/aromatic N) is 3. The van der Waals surface area contributed by atoms with Crippen LogP contribution in [0.4, 0.5) is 20.2 Å². The highest BCUT2D eigenvalue weighted by Crippen LogP contribution is 2.33. The molecule has 1 fully saturated rings. The van der Waals surface area contributed by atoms with Crippen molar-refractivity contribution in [2.45, 2.75) is 18.9 Å². The molecule has 0 saturated carbocycles. The van der Waals surface area contributed by atoms with Crippen molar-refractivity contribution in [2.24, 2.45) is 0 Å². The number of aromatic nitrogens is 2. The molecule has 0 radical (unpaired) electrons. The Labute approximate surface area is 192 Å². The van der Waals surface area contributed by atoms with Gasteiger partial charge in [-0.3, -0.25) is 14.9 Å². The van der Waals surface area contributed by atoms with Gasteiger partial charge in [-0.15, -0.1) is 0 Å². The van der Waals surface area contributed by atoms with E-state index >= 15 is 0 Å². The van der Waals surface area contributed by atoms with Crippen LogP contribution in [0.1, 0.15) is 17.5 Å². The number of nitrogens with one attached hydrogen (secondary N) is 2. The van der Waals surface area contributed by atoms with E-state index in [9.17, 15) is 8.78 Å². The summed E-state index contributed by atoms with van der Waals surface area (Å²) in [5, 5.41) is 6.45. The number of allylic oxidation sites excluding steroid dienone is 1. The first-order valence-electron chi connectivity index (χ1n) is 10.8. The average molecular weight is 448 g/mol. The SMILES string of the molecule is C=C(Nc1cccnc1)C(=C)c1cc(-c2cncc(CN3CCC(F)(F)C3)c2)ccc1NC. The van der Waals surface area contributed by atoms with Crippen molar-refractivity contribution in [1.29, 1.82) is 0 Å². The molecule has 2 aromatic heterocycles. The van der Waals surface area contributed by atoms with E-state index in [0.717, 1.165) is 39.2 Å². The molecule has 7 heteroatoms. The van der Waals surface area contributed by atoms with E-state index in [1.807, 2.05) is 43.4 Å². The van der Waals surface area contributed by atoms with E-state index in [1.165, 1.54) is 0 Å². The molecule has 1 aliphatic rings. The molecule has 2 N–H and O–H groups in total. The van der Waals surface area contributed by atoms with Gasteiger partial charge in [0, 0.05) is 67.7 Å². The maximum Gasteiger partial charge on any atom is 0.261 e.